The van der Waals surface area contributed by atoms with Crippen molar-refractivity contribution < 1.29 is 19.1 Å². The zero-order valence-electron chi connectivity index (χ0n) is 15.4. The minimum atomic E-state index is -1.06. The molecule has 2 heterocycles. The number of imide groups is 1. The van der Waals surface area contributed by atoms with Crippen molar-refractivity contribution in [1.82, 2.24) is 0 Å². The molecule has 0 aromatic heterocycles. The Kier molecular flexibility index (Phi) is 4.92. The van der Waals surface area contributed by atoms with E-state index >= 15 is 0 Å². The second kappa shape index (κ2) is 7.27. The highest BCUT2D eigenvalue weighted by Gasteiger charge is 2.59. The lowest BCUT2D eigenvalue weighted by atomic mass is 9.98. The van der Waals surface area contributed by atoms with E-state index in [0.717, 1.165) is 9.37 Å². The number of carbonyl (C=O) groups excluding carboxylic acids is 3. The van der Waals surface area contributed by atoms with Gasteiger partial charge in [-0.05, 0) is 48.9 Å². The summed E-state index contributed by atoms with van der Waals surface area (Å²) in [6.45, 7) is 1.73. The van der Waals surface area contributed by atoms with E-state index in [1.165, 1.54) is 12.1 Å². The molecule has 148 valence electrons. The first-order chi connectivity index (χ1) is 13.8. The molecule has 0 saturated carbocycles. The minimum absolute atomic E-state index is 0.0963. The second-order valence-electron chi connectivity index (χ2n) is 6.62. The number of carbonyl (C=O) groups is 3. The smallest absolute Gasteiger partial charge is 0.355 e. The topological polar surface area (TPSA) is 79.3 Å². The maximum atomic E-state index is 13.4. The van der Waals surface area contributed by atoms with Crippen LogP contribution < -0.4 is 9.91 Å². The molecule has 0 radical (unpaired) electrons. The van der Waals surface area contributed by atoms with E-state index in [2.05, 4.69) is 21.0 Å². The normalized spacial score (nSPS) is 20.8. The molecular formula is C20H15BrClN3O4. The average molecular weight is 477 g/mol. The van der Waals surface area contributed by atoms with Crippen molar-refractivity contribution in [3.8, 4) is 0 Å². The number of esters is 1. The number of amides is 2. The number of fused-ring (bicyclic) bond motifs is 1. The molecule has 0 aliphatic carbocycles. The van der Waals surface area contributed by atoms with E-state index in [0.29, 0.717) is 22.0 Å². The van der Waals surface area contributed by atoms with Crippen LogP contribution >= 0.6 is 27.5 Å². The number of hydrazone groups is 1. The van der Waals surface area contributed by atoms with Crippen LogP contribution in [0, 0.1) is 12.8 Å². The lowest BCUT2D eigenvalue weighted by Gasteiger charge is -2.23. The Morgan fingerprint density at radius 1 is 1.14 bits per heavy atom. The number of hydrogen-bond donors (Lipinski definition) is 0. The second-order valence-corrected chi connectivity index (χ2v) is 7.94. The van der Waals surface area contributed by atoms with Gasteiger partial charge in [-0.3, -0.25) is 14.6 Å². The predicted octanol–water partition coefficient (Wildman–Crippen LogP) is 3.32. The van der Waals surface area contributed by atoms with Crippen LogP contribution in [-0.4, -0.2) is 36.6 Å². The molecular weight excluding hydrogens is 462 g/mol. The third-order valence-electron chi connectivity index (χ3n) is 5.01. The van der Waals surface area contributed by atoms with Gasteiger partial charge in [0.15, 0.2) is 5.71 Å². The Balaban J connectivity index is 1.83. The fourth-order valence-electron chi connectivity index (χ4n) is 3.57. The van der Waals surface area contributed by atoms with Crippen molar-refractivity contribution in [2.24, 2.45) is 11.0 Å². The van der Waals surface area contributed by atoms with Crippen molar-refractivity contribution in [1.29, 1.82) is 0 Å². The van der Waals surface area contributed by atoms with Gasteiger partial charge in [-0.2, -0.15) is 5.10 Å². The Bertz CT molecular complexity index is 1070. The zero-order valence-corrected chi connectivity index (χ0v) is 17.8. The van der Waals surface area contributed by atoms with Gasteiger partial charge in [0, 0.05) is 9.50 Å². The van der Waals surface area contributed by atoms with Gasteiger partial charge in [-0.25, -0.2) is 9.69 Å². The fourth-order valence-corrected chi connectivity index (χ4v) is 4.00. The Morgan fingerprint density at radius 2 is 1.83 bits per heavy atom. The summed E-state index contributed by atoms with van der Waals surface area (Å²) in [5.41, 5.74) is 1.47. The molecule has 0 bridgehead atoms. The summed E-state index contributed by atoms with van der Waals surface area (Å²) in [4.78, 5) is 40.0. The predicted molar refractivity (Wildman–Crippen MR) is 112 cm³/mol. The van der Waals surface area contributed by atoms with Gasteiger partial charge in [-0.15, -0.1) is 0 Å². The molecule has 29 heavy (non-hydrogen) atoms. The van der Waals surface area contributed by atoms with E-state index in [1.807, 2.05) is 0 Å². The highest BCUT2D eigenvalue weighted by Crippen LogP contribution is 2.39. The van der Waals surface area contributed by atoms with Crippen LogP contribution in [0.1, 0.15) is 5.56 Å². The van der Waals surface area contributed by atoms with E-state index in [4.69, 9.17) is 16.3 Å². The van der Waals surface area contributed by atoms with Crippen molar-refractivity contribution in [3.05, 3.63) is 57.5 Å². The largest absolute Gasteiger partial charge is 0.464 e. The quantitative estimate of drug-likeness (QED) is 0.502. The Morgan fingerprint density at radius 3 is 2.48 bits per heavy atom. The number of hydrogen-bond acceptors (Lipinski definition) is 6. The van der Waals surface area contributed by atoms with Crippen molar-refractivity contribution in [3.63, 3.8) is 0 Å². The van der Waals surface area contributed by atoms with Crippen LogP contribution in [-0.2, 0) is 19.1 Å². The number of methoxy groups -OCH3 is 1. The summed E-state index contributed by atoms with van der Waals surface area (Å²) >= 11 is 9.55. The van der Waals surface area contributed by atoms with Gasteiger partial charge < -0.3 is 4.74 Å². The molecule has 0 spiro atoms. The molecule has 0 unspecified atom stereocenters. The maximum Gasteiger partial charge on any atom is 0.355 e. The molecule has 2 atom stereocenters. The van der Waals surface area contributed by atoms with Crippen LogP contribution in [0.3, 0.4) is 0 Å². The highest BCUT2D eigenvalue weighted by molar-refractivity contribution is 9.10. The maximum absolute atomic E-state index is 13.4. The van der Waals surface area contributed by atoms with E-state index in [-0.39, 0.29) is 5.71 Å². The summed E-state index contributed by atoms with van der Waals surface area (Å²) in [6.07, 6.45) is 0. The molecule has 1 saturated heterocycles. The number of ether oxygens (including phenoxy) is 1. The molecule has 4 rings (SSSR count). The van der Waals surface area contributed by atoms with E-state index < -0.39 is 29.7 Å². The van der Waals surface area contributed by atoms with Gasteiger partial charge in [0.05, 0.1) is 18.5 Å². The van der Waals surface area contributed by atoms with Crippen molar-refractivity contribution in [2.45, 2.75) is 13.0 Å². The van der Waals surface area contributed by atoms with E-state index in [1.54, 1.807) is 49.4 Å². The summed E-state index contributed by atoms with van der Waals surface area (Å²) in [7, 11) is 1.21. The standard InChI is InChI=1S/C20H15BrClN3O4/c1-10-13(22)4-3-5-14(10)24-18(26)15-16(20(28)29-2)23-25(17(15)19(24)27)12-8-6-11(21)7-9-12/h3-9,15,17H,1-2H3/t15-,17+/m0/s1. The average Bonchev–Trinajstić information content (AvgIpc) is 3.22. The minimum Gasteiger partial charge on any atom is -0.464 e. The van der Waals surface area contributed by atoms with Crippen LogP contribution in [0.25, 0.3) is 0 Å². The Labute approximate surface area is 180 Å². The zero-order chi connectivity index (χ0) is 20.9. The molecule has 2 aromatic carbocycles. The Hall–Kier alpha value is -2.71. The van der Waals surface area contributed by atoms with Gasteiger partial charge in [0.1, 0.15) is 12.0 Å². The number of benzene rings is 2. The molecule has 9 heteroatoms. The molecule has 0 N–H and O–H groups in total. The number of anilines is 2. The summed E-state index contributed by atoms with van der Waals surface area (Å²) in [5, 5.41) is 6.12. The number of halogens is 2. The van der Waals surface area contributed by atoms with E-state index in [9.17, 15) is 14.4 Å². The van der Waals surface area contributed by atoms with Crippen LogP contribution in [0.5, 0.6) is 0 Å². The molecule has 2 amide bonds. The SMILES string of the molecule is COC(=O)C1=NN(c2ccc(Br)cc2)[C@H]2C(=O)N(c3cccc(Cl)c3C)C(=O)[C@@H]12. The lowest BCUT2D eigenvalue weighted by Crippen LogP contribution is -2.39. The fraction of sp³-hybridized carbons (Fsp3) is 0.200. The highest BCUT2D eigenvalue weighted by atomic mass is 79.9. The molecule has 1 fully saturated rings. The number of rotatable bonds is 3. The molecule has 2 aliphatic heterocycles. The van der Waals surface area contributed by atoms with Gasteiger partial charge >= 0.3 is 5.97 Å². The third-order valence-corrected chi connectivity index (χ3v) is 5.95. The van der Waals surface area contributed by atoms with Gasteiger partial charge in [0.2, 0.25) is 5.91 Å². The van der Waals surface area contributed by atoms with Crippen molar-refractivity contribution in [2.75, 3.05) is 17.0 Å². The first-order valence-corrected chi connectivity index (χ1v) is 9.86. The third kappa shape index (κ3) is 3.03. The van der Waals surface area contributed by atoms with Crippen LogP contribution in [0.2, 0.25) is 5.02 Å². The summed E-state index contributed by atoms with van der Waals surface area (Å²) in [5.74, 6) is -2.81. The first-order valence-electron chi connectivity index (χ1n) is 8.69. The summed E-state index contributed by atoms with van der Waals surface area (Å²) in [6, 6.07) is 11.1. The monoisotopic (exact) mass is 475 g/mol. The van der Waals surface area contributed by atoms with Gasteiger partial charge in [0.25, 0.3) is 5.91 Å². The molecule has 2 aromatic rings. The van der Waals surface area contributed by atoms with Crippen LogP contribution in [0.15, 0.2) is 52.0 Å². The van der Waals surface area contributed by atoms with Gasteiger partial charge in [-0.1, -0.05) is 33.6 Å². The molecule has 7 nitrogen and oxygen atoms in total. The summed E-state index contributed by atoms with van der Waals surface area (Å²) < 4.78 is 5.65. The lowest BCUT2D eigenvalue weighted by molar-refractivity contribution is -0.133. The van der Waals surface area contributed by atoms with Crippen molar-refractivity contribution >= 4 is 62.4 Å². The van der Waals surface area contributed by atoms with Crippen LogP contribution in [0.4, 0.5) is 11.4 Å². The first kappa shape index (κ1) is 19.6. The number of nitrogens with zero attached hydrogens (tertiary/aromatic N) is 3. The molecule has 2 aliphatic rings.